The summed E-state index contributed by atoms with van der Waals surface area (Å²) in [5.41, 5.74) is 1.72. The van der Waals surface area contributed by atoms with Crippen molar-refractivity contribution in [1.29, 1.82) is 0 Å². The van der Waals surface area contributed by atoms with Gasteiger partial charge in [-0.3, -0.25) is 9.59 Å². The summed E-state index contributed by atoms with van der Waals surface area (Å²) in [5.74, 6) is -0.498. The molecular weight excluding hydrogens is 296 g/mol. The van der Waals surface area contributed by atoms with Gasteiger partial charge in [0.1, 0.15) is 5.69 Å². The predicted octanol–water partition coefficient (Wildman–Crippen LogP) is 2.98. The summed E-state index contributed by atoms with van der Waals surface area (Å²) in [6, 6.07) is 6.92. The van der Waals surface area contributed by atoms with E-state index >= 15 is 0 Å². The number of carboxylic acids is 1. The van der Waals surface area contributed by atoms with Crippen molar-refractivity contribution in [3.05, 3.63) is 41.8 Å². The molecule has 0 aliphatic heterocycles. The number of aliphatic carboxylic acids is 1. The van der Waals surface area contributed by atoms with E-state index in [4.69, 9.17) is 9.52 Å². The van der Waals surface area contributed by atoms with Crippen LogP contribution in [0.5, 0.6) is 0 Å². The maximum absolute atomic E-state index is 12.7. The molecule has 2 aromatic rings. The maximum atomic E-state index is 12.7. The van der Waals surface area contributed by atoms with Crippen LogP contribution in [0.4, 0.5) is 0 Å². The molecule has 2 aromatic heterocycles. The van der Waals surface area contributed by atoms with Crippen LogP contribution in [0.15, 0.2) is 34.9 Å². The van der Waals surface area contributed by atoms with Crippen LogP contribution in [0.3, 0.4) is 0 Å². The lowest BCUT2D eigenvalue weighted by atomic mass is 10.1. The summed E-state index contributed by atoms with van der Waals surface area (Å²) in [6.45, 7) is 5.65. The van der Waals surface area contributed by atoms with E-state index in [1.165, 1.54) is 0 Å². The first-order chi connectivity index (χ1) is 10.9. The Labute approximate surface area is 134 Å². The lowest BCUT2D eigenvalue weighted by Crippen LogP contribution is -2.38. The van der Waals surface area contributed by atoms with Gasteiger partial charge >= 0.3 is 5.97 Å². The molecule has 6 heteroatoms. The van der Waals surface area contributed by atoms with E-state index in [1.54, 1.807) is 42.4 Å². The lowest BCUT2D eigenvalue weighted by Gasteiger charge is -2.26. The molecule has 0 bridgehead atoms. The minimum Gasteiger partial charge on any atom is -0.481 e. The number of amides is 1. The van der Waals surface area contributed by atoms with Crippen molar-refractivity contribution in [2.45, 2.75) is 33.2 Å². The highest BCUT2D eigenvalue weighted by molar-refractivity contribution is 5.95. The molecule has 2 heterocycles. The summed E-state index contributed by atoms with van der Waals surface area (Å²) in [6.07, 6.45) is 1.48. The number of hydrogen-bond donors (Lipinski definition) is 1. The number of furan rings is 1. The normalized spacial score (nSPS) is 10.8. The highest BCUT2D eigenvalue weighted by Gasteiger charge is 2.22. The molecule has 0 saturated carbocycles. The predicted molar refractivity (Wildman–Crippen MR) is 85.1 cm³/mol. The second-order valence-corrected chi connectivity index (χ2v) is 5.54. The number of aromatic nitrogens is 1. The van der Waals surface area contributed by atoms with Crippen LogP contribution in [0, 0.1) is 6.92 Å². The number of hydrogen-bond acceptors (Lipinski definition) is 4. The summed E-state index contributed by atoms with van der Waals surface area (Å²) in [5, 5.41) is 8.83. The molecule has 2 rings (SSSR count). The Kier molecular flexibility index (Phi) is 5.16. The van der Waals surface area contributed by atoms with Crippen LogP contribution < -0.4 is 0 Å². The Morgan fingerprint density at radius 3 is 2.57 bits per heavy atom. The average Bonchev–Trinajstić information content (AvgIpc) is 3.00. The first-order valence-electron chi connectivity index (χ1n) is 7.44. The number of pyridine rings is 1. The third kappa shape index (κ3) is 3.97. The molecule has 1 N–H and O–H groups in total. The molecule has 0 atom stereocenters. The zero-order chi connectivity index (χ0) is 17.0. The van der Waals surface area contributed by atoms with Crippen LogP contribution in [-0.4, -0.2) is 39.5 Å². The molecule has 0 radical (unpaired) electrons. The summed E-state index contributed by atoms with van der Waals surface area (Å²) >= 11 is 0. The fourth-order valence-corrected chi connectivity index (χ4v) is 2.31. The Bertz CT molecular complexity index is 693. The van der Waals surface area contributed by atoms with Crippen LogP contribution in [0.1, 0.15) is 36.3 Å². The van der Waals surface area contributed by atoms with E-state index in [1.807, 2.05) is 13.8 Å². The van der Waals surface area contributed by atoms with Gasteiger partial charge in [-0.15, -0.1) is 0 Å². The Morgan fingerprint density at radius 1 is 1.30 bits per heavy atom. The smallest absolute Gasteiger partial charge is 0.305 e. The zero-order valence-electron chi connectivity index (χ0n) is 13.4. The van der Waals surface area contributed by atoms with E-state index < -0.39 is 5.97 Å². The van der Waals surface area contributed by atoms with Gasteiger partial charge in [-0.1, -0.05) is 0 Å². The fraction of sp³-hybridized carbons (Fsp3) is 0.353. The minimum absolute atomic E-state index is 0.0825. The van der Waals surface area contributed by atoms with E-state index in [0.717, 1.165) is 0 Å². The van der Waals surface area contributed by atoms with Crippen molar-refractivity contribution in [1.82, 2.24) is 9.88 Å². The number of rotatable bonds is 6. The molecule has 0 spiro atoms. The molecule has 0 aliphatic carbocycles. The quantitative estimate of drug-likeness (QED) is 0.885. The van der Waals surface area contributed by atoms with Crippen molar-refractivity contribution < 1.29 is 19.1 Å². The van der Waals surface area contributed by atoms with Crippen molar-refractivity contribution in [3.63, 3.8) is 0 Å². The highest BCUT2D eigenvalue weighted by Crippen LogP contribution is 2.20. The van der Waals surface area contributed by atoms with E-state index in [9.17, 15) is 9.59 Å². The molecule has 23 heavy (non-hydrogen) atoms. The average molecular weight is 316 g/mol. The van der Waals surface area contributed by atoms with Gasteiger partial charge in [0.15, 0.2) is 5.76 Å². The van der Waals surface area contributed by atoms with Crippen LogP contribution in [-0.2, 0) is 4.79 Å². The van der Waals surface area contributed by atoms with Crippen LogP contribution in [0.25, 0.3) is 11.5 Å². The van der Waals surface area contributed by atoms with Gasteiger partial charge < -0.3 is 14.4 Å². The number of aryl methyl sites for hydroxylation is 1. The first-order valence-corrected chi connectivity index (χ1v) is 7.44. The number of nitrogens with zero attached hydrogens (tertiary/aromatic N) is 2. The molecule has 1 amide bonds. The SMILES string of the molecule is Cc1nc(-c2ccco2)ccc1C(=O)N(CCC(=O)O)C(C)C. The van der Waals surface area contributed by atoms with Gasteiger partial charge in [0, 0.05) is 12.6 Å². The molecule has 0 saturated heterocycles. The Hall–Kier alpha value is -2.63. The van der Waals surface area contributed by atoms with Crippen molar-refractivity contribution >= 4 is 11.9 Å². The zero-order valence-corrected chi connectivity index (χ0v) is 13.4. The topological polar surface area (TPSA) is 83.6 Å². The molecule has 0 aromatic carbocycles. The second-order valence-electron chi connectivity index (χ2n) is 5.54. The van der Waals surface area contributed by atoms with Gasteiger partial charge in [0.25, 0.3) is 5.91 Å². The monoisotopic (exact) mass is 316 g/mol. The van der Waals surface area contributed by atoms with Gasteiger partial charge in [0.2, 0.25) is 0 Å². The highest BCUT2D eigenvalue weighted by atomic mass is 16.4. The number of carboxylic acid groups (broad SMARTS) is 1. The first kappa shape index (κ1) is 16.7. The molecule has 0 fully saturated rings. The third-order valence-electron chi connectivity index (χ3n) is 3.54. The maximum Gasteiger partial charge on any atom is 0.305 e. The third-order valence-corrected chi connectivity index (χ3v) is 3.54. The van der Waals surface area contributed by atoms with Crippen LogP contribution >= 0.6 is 0 Å². The van der Waals surface area contributed by atoms with Crippen molar-refractivity contribution in [2.75, 3.05) is 6.54 Å². The fourth-order valence-electron chi connectivity index (χ4n) is 2.31. The Morgan fingerprint density at radius 2 is 2.04 bits per heavy atom. The molecule has 0 aliphatic rings. The van der Waals surface area contributed by atoms with Gasteiger partial charge in [-0.05, 0) is 45.0 Å². The lowest BCUT2D eigenvalue weighted by molar-refractivity contribution is -0.137. The van der Waals surface area contributed by atoms with Crippen molar-refractivity contribution in [2.24, 2.45) is 0 Å². The van der Waals surface area contributed by atoms with Gasteiger partial charge in [-0.2, -0.15) is 0 Å². The number of carbonyl (C=O) groups is 2. The van der Waals surface area contributed by atoms with E-state index in [0.29, 0.717) is 22.7 Å². The summed E-state index contributed by atoms with van der Waals surface area (Å²) < 4.78 is 5.30. The largest absolute Gasteiger partial charge is 0.481 e. The molecule has 122 valence electrons. The van der Waals surface area contributed by atoms with Crippen LogP contribution in [0.2, 0.25) is 0 Å². The van der Waals surface area contributed by atoms with Gasteiger partial charge in [0.05, 0.1) is 23.9 Å². The molecular formula is C17H20N2O4. The van der Waals surface area contributed by atoms with E-state index in [-0.39, 0.29) is 24.9 Å². The number of carbonyl (C=O) groups excluding carboxylic acids is 1. The molecule has 0 unspecified atom stereocenters. The van der Waals surface area contributed by atoms with Gasteiger partial charge in [-0.25, -0.2) is 4.98 Å². The van der Waals surface area contributed by atoms with Crippen molar-refractivity contribution in [3.8, 4) is 11.5 Å². The summed E-state index contributed by atoms with van der Waals surface area (Å²) in [4.78, 5) is 29.4. The standard InChI is InChI=1S/C17H20N2O4/c1-11(2)19(9-8-16(20)21)17(22)13-6-7-14(18-12(13)3)15-5-4-10-23-15/h4-7,10-11H,8-9H2,1-3H3,(H,20,21). The van der Waals surface area contributed by atoms with E-state index in [2.05, 4.69) is 4.98 Å². The summed E-state index contributed by atoms with van der Waals surface area (Å²) in [7, 11) is 0. The minimum atomic E-state index is -0.925. The molecule has 6 nitrogen and oxygen atoms in total. The second kappa shape index (κ2) is 7.09. The Balaban J connectivity index is 2.25.